The van der Waals surface area contributed by atoms with Crippen molar-refractivity contribution in [1.82, 2.24) is 4.31 Å². The van der Waals surface area contributed by atoms with Gasteiger partial charge in [0.05, 0.1) is 19.3 Å². The summed E-state index contributed by atoms with van der Waals surface area (Å²) in [6.45, 7) is 0.609. The topological polar surface area (TPSA) is 80.8 Å². The van der Waals surface area contributed by atoms with Gasteiger partial charge in [0.25, 0.3) is 0 Å². The highest BCUT2D eigenvalue weighted by molar-refractivity contribution is 8.06. The van der Waals surface area contributed by atoms with Crippen molar-refractivity contribution < 1.29 is 21.6 Å². The summed E-state index contributed by atoms with van der Waals surface area (Å²) in [7, 11) is -7.40. The van der Waals surface area contributed by atoms with Crippen LogP contribution in [0.3, 0.4) is 0 Å². The van der Waals surface area contributed by atoms with E-state index in [0.29, 0.717) is 0 Å². The molecule has 1 aliphatic heterocycles. The molecule has 0 aromatic rings. The maximum absolute atomic E-state index is 11.8. The Labute approximate surface area is 100 Å². The lowest BCUT2D eigenvalue weighted by molar-refractivity contribution is 0.0407. The first-order valence-electron chi connectivity index (χ1n) is 4.57. The molecule has 1 saturated heterocycles. The van der Waals surface area contributed by atoms with Crippen molar-refractivity contribution in [1.29, 1.82) is 0 Å². The summed E-state index contributed by atoms with van der Waals surface area (Å²) in [5, 5.41) is -0.882. The van der Waals surface area contributed by atoms with Crippen LogP contribution in [0, 0.1) is 0 Å². The van der Waals surface area contributed by atoms with Crippen molar-refractivity contribution in [2.75, 3.05) is 37.0 Å². The summed E-state index contributed by atoms with van der Waals surface area (Å²) in [4.78, 5) is 0. The molecule has 1 aliphatic rings. The largest absolute Gasteiger partial charge is 0.378 e. The molecule has 0 aromatic carbocycles. The molecule has 9 heteroatoms. The number of hydrogen-bond acceptors (Lipinski definition) is 5. The number of nitrogens with zero attached hydrogens (tertiary/aromatic N) is 1. The van der Waals surface area contributed by atoms with Gasteiger partial charge in [0.1, 0.15) is 0 Å². The van der Waals surface area contributed by atoms with E-state index < -0.39 is 31.0 Å². The summed E-state index contributed by atoms with van der Waals surface area (Å²) in [5.41, 5.74) is 0. The van der Waals surface area contributed by atoms with E-state index in [1.165, 1.54) is 0 Å². The third kappa shape index (κ3) is 3.85. The van der Waals surface area contributed by atoms with E-state index >= 15 is 0 Å². The van der Waals surface area contributed by atoms with Gasteiger partial charge >= 0.3 is 0 Å². The van der Waals surface area contributed by atoms with Gasteiger partial charge in [0.15, 0.2) is 14.9 Å². The van der Waals surface area contributed by atoms with Crippen LogP contribution < -0.4 is 0 Å². The molecule has 96 valence electrons. The molecular weight excluding hydrogens is 278 g/mol. The number of alkyl halides is 1. The molecule has 1 fully saturated rings. The van der Waals surface area contributed by atoms with E-state index in [1.54, 1.807) is 0 Å². The van der Waals surface area contributed by atoms with Crippen molar-refractivity contribution in [3.63, 3.8) is 0 Å². The highest BCUT2D eigenvalue weighted by atomic mass is 35.5. The zero-order chi connectivity index (χ0) is 12.4. The first-order chi connectivity index (χ1) is 7.26. The molecule has 0 spiro atoms. The van der Waals surface area contributed by atoms with Crippen molar-refractivity contribution in [3.05, 3.63) is 0 Å². The van der Waals surface area contributed by atoms with E-state index in [2.05, 4.69) is 0 Å². The second-order valence-electron chi connectivity index (χ2n) is 3.65. The number of hydrogen-bond donors (Lipinski definition) is 0. The molecule has 0 radical (unpaired) electrons. The Bertz CT molecular complexity index is 432. The third-order valence-corrected chi connectivity index (χ3v) is 6.53. The minimum absolute atomic E-state index is 0.0863. The first kappa shape index (κ1) is 14.2. The molecule has 0 amide bonds. The predicted octanol–water partition coefficient (Wildman–Crippen LogP) is -0.742. The van der Waals surface area contributed by atoms with Gasteiger partial charge in [0.2, 0.25) is 10.0 Å². The van der Waals surface area contributed by atoms with E-state index in [0.717, 1.165) is 10.6 Å². The van der Waals surface area contributed by atoms with Crippen molar-refractivity contribution in [2.45, 2.75) is 6.04 Å². The highest BCUT2D eigenvalue weighted by Gasteiger charge is 2.34. The zero-order valence-corrected chi connectivity index (χ0v) is 11.2. The van der Waals surface area contributed by atoms with Gasteiger partial charge in [-0.15, -0.1) is 11.6 Å². The summed E-state index contributed by atoms with van der Waals surface area (Å²) in [5.74, 6) is 0.0863. The van der Waals surface area contributed by atoms with Crippen molar-refractivity contribution in [2.24, 2.45) is 0 Å². The Kier molecular flexibility index (Phi) is 4.58. The minimum atomic E-state index is -3.82. The Balaban J connectivity index is 2.89. The molecule has 0 bridgehead atoms. The van der Waals surface area contributed by atoms with Crippen LogP contribution in [0.15, 0.2) is 0 Å². The normalized spacial score (nSPS) is 24.5. The molecular formula is C7H14ClNO5S2. The number of sulfone groups is 1. The second-order valence-corrected chi connectivity index (χ2v) is 8.39. The SMILES string of the molecule is CS(=O)(=O)CS(=O)(=O)N1CCOCC1CCl. The van der Waals surface area contributed by atoms with Gasteiger partial charge in [0, 0.05) is 18.7 Å². The lowest BCUT2D eigenvalue weighted by Crippen LogP contribution is -2.50. The van der Waals surface area contributed by atoms with Gasteiger partial charge in [-0.05, 0) is 0 Å². The van der Waals surface area contributed by atoms with E-state index in [4.69, 9.17) is 16.3 Å². The number of sulfonamides is 1. The summed E-state index contributed by atoms with van der Waals surface area (Å²) in [6.07, 6.45) is 0.890. The monoisotopic (exact) mass is 291 g/mol. The average molecular weight is 292 g/mol. The van der Waals surface area contributed by atoms with Crippen LogP contribution >= 0.6 is 11.6 Å². The molecule has 0 aliphatic carbocycles. The zero-order valence-electron chi connectivity index (χ0n) is 8.80. The quantitative estimate of drug-likeness (QED) is 0.637. The molecule has 1 rings (SSSR count). The van der Waals surface area contributed by atoms with Crippen LogP contribution in [-0.4, -0.2) is 64.2 Å². The summed E-state index contributed by atoms with van der Waals surface area (Å²) >= 11 is 5.62. The van der Waals surface area contributed by atoms with Gasteiger partial charge in [-0.3, -0.25) is 0 Å². The van der Waals surface area contributed by atoms with E-state index in [-0.39, 0.29) is 25.6 Å². The molecule has 1 atom stereocenters. The Morgan fingerprint density at radius 2 is 2.00 bits per heavy atom. The minimum Gasteiger partial charge on any atom is -0.378 e. The van der Waals surface area contributed by atoms with Crippen LogP contribution in [0.1, 0.15) is 0 Å². The van der Waals surface area contributed by atoms with Crippen molar-refractivity contribution in [3.8, 4) is 0 Å². The van der Waals surface area contributed by atoms with Gasteiger partial charge < -0.3 is 4.74 Å². The Hall–Kier alpha value is 0.110. The van der Waals surface area contributed by atoms with E-state index in [9.17, 15) is 16.8 Å². The molecule has 0 N–H and O–H groups in total. The van der Waals surface area contributed by atoms with Crippen LogP contribution in [0.25, 0.3) is 0 Å². The fourth-order valence-corrected chi connectivity index (χ4v) is 5.45. The first-order valence-corrected chi connectivity index (χ1v) is 8.77. The molecule has 6 nitrogen and oxygen atoms in total. The van der Waals surface area contributed by atoms with Gasteiger partial charge in [-0.2, -0.15) is 4.31 Å². The maximum Gasteiger partial charge on any atom is 0.229 e. The standard InChI is InChI=1S/C7H14ClNO5S2/c1-15(10,11)6-16(12,13)9-2-3-14-5-7(9)4-8/h7H,2-6H2,1H3. The van der Waals surface area contributed by atoms with Crippen molar-refractivity contribution >= 4 is 31.5 Å². The number of morpholine rings is 1. The number of halogens is 1. The summed E-state index contributed by atoms with van der Waals surface area (Å²) < 4.78 is 51.8. The molecule has 1 unspecified atom stereocenters. The average Bonchev–Trinajstić information content (AvgIpc) is 2.14. The fraction of sp³-hybridized carbons (Fsp3) is 1.00. The van der Waals surface area contributed by atoms with Crippen LogP contribution in [-0.2, 0) is 24.6 Å². The Morgan fingerprint density at radius 3 is 2.50 bits per heavy atom. The summed E-state index contributed by atoms with van der Waals surface area (Å²) in [6, 6.07) is -0.484. The molecule has 0 aromatic heterocycles. The van der Waals surface area contributed by atoms with E-state index in [1.807, 2.05) is 0 Å². The Morgan fingerprint density at radius 1 is 1.38 bits per heavy atom. The highest BCUT2D eigenvalue weighted by Crippen LogP contribution is 2.15. The van der Waals surface area contributed by atoms with Crippen LogP contribution in [0.4, 0.5) is 0 Å². The van der Waals surface area contributed by atoms with Gasteiger partial charge in [-0.25, -0.2) is 16.8 Å². The number of rotatable bonds is 4. The lowest BCUT2D eigenvalue weighted by atomic mass is 10.3. The molecule has 0 saturated carbocycles. The van der Waals surface area contributed by atoms with Crippen LogP contribution in [0.5, 0.6) is 0 Å². The second kappa shape index (κ2) is 5.18. The predicted molar refractivity (Wildman–Crippen MR) is 60.7 cm³/mol. The lowest BCUT2D eigenvalue weighted by Gasteiger charge is -2.33. The third-order valence-electron chi connectivity index (χ3n) is 2.07. The smallest absolute Gasteiger partial charge is 0.229 e. The fourth-order valence-electron chi connectivity index (χ4n) is 1.47. The molecule has 16 heavy (non-hydrogen) atoms. The maximum atomic E-state index is 11.8. The number of ether oxygens (including phenoxy) is 1. The molecule has 1 heterocycles. The van der Waals surface area contributed by atoms with Gasteiger partial charge in [-0.1, -0.05) is 0 Å². The van der Waals surface area contributed by atoms with Crippen LogP contribution in [0.2, 0.25) is 0 Å².